The summed E-state index contributed by atoms with van der Waals surface area (Å²) in [6.45, 7) is 4.12. The van der Waals surface area contributed by atoms with Crippen molar-refractivity contribution in [3.63, 3.8) is 0 Å². The molecular formula is C13H24Cl2N6. The molecule has 0 amide bonds. The van der Waals surface area contributed by atoms with Crippen LogP contribution in [0.25, 0.3) is 0 Å². The molecule has 4 N–H and O–H groups in total. The second-order valence-corrected chi connectivity index (χ2v) is 5.73. The van der Waals surface area contributed by atoms with Crippen LogP contribution in [0.15, 0.2) is 6.07 Å². The van der Waals surface area contributed by atoms with Gasteiger partial charge in [-0.3, -0.25) is 0 Å². The number of nitrogens with zero attached hydrogens (tertiary/aromatic N) is 4. The lowest BCUT2D eigenvalue weighted by Gasteiger charge is -2.35. The van der Waals surface area contributed by atoms with Gasteiger partial charge in [-0.05, 0) is 19.9 Å². The largest absolute Gasteiger partial charge is 0.368 e. The van der Waals surface area contributed by atoms with Gasteiger partial charge >= 0.3 is 0 Å². The molecule has 21 heavy (non-hydrogen) atoms. The standard InChI is InChI=1S/C13H22N6.2ClH/c1-18-2-4-19(5-3-18)12-8-11(16-13(15)17-12)9-6-10(14)7-9;;/h8-10H,2-7,14H2,1H3,(H2,15,16,17);2*1H. The van der Waals surface area contributed by atoms with Crippen LogP contribution in [0.5, 0.6) is 0 Å². The summed E-state index contributed by atoms with van der Waals surface area (Å²) in [6, 6.07) is 2.42. The van der Waals surface area contributed by atoms with Crippen LogP contribution in [-0.2, 0) is 0 Å². The van der Waals surface area contributed by atoms with E-state index >= 15 is 0 Å². The highest BCUT2D eigenvalue weighted by atomic mass is 35.5. The first-order chi connectivity index (χ1) is 9.11. The molecule has 6 nitrogen and oxygen atoms in total. The van der Waals surface area contributed by atoms with Crippen LogP contribution in [0.4, 0.5) is 11.8 Å². The van der Waals surface area contributed by atoms with Crippen molar-refractivity contribution in [2.75, 3.05) is 43.9 Å². The molecule has 1 aromatic rings. The monoisotopic (exact) mass is 334 g/mol. The molecule has 2 aliphatic rings. The summed E-state index contributed by atoms with van der Waals surface area (Å²) in [7, 11) is 2.15. The molecular weight excluding hydrogens is 311 g/mol. The van der Waals surface area contributed by atoms with Gasteiger partial charge in [0.25, 0.3) is 0 Å². The summed E-state index contributed by atoms with van der Waals surface area (Å²) in [4.78, 5) is 13.4. The van der Waals surface area contributed by atoms with Crippen molar-refractivity contribution < 1.29 is 0 Å². The minimum Gasteiger partial charge on any atom is -0.368 e. The average molecular weight is 335 g/mol. The number of aromatic nitrogens is 2. The maximum Gasteiger partial charge on any atom is 0.222 e. The predicted octanol–water partition coefficient (Wildman–Crippen LogP) is 0.859. The Balaban J connectivity index is 0.00000110. The van der Waals surface area contributed by atoms with Gasteiger partial charge in [0, 0.05) is 44.2 Å². The van der Waals surface area contributed by atoms with E-state index in [9.17, 15) is 0 Å². The predicted molar refractivity (Wildman–Crippen MR) is 90.6 cm³/mol. The van der Waals surface area contributed by atoms with E-state index in [4.69, 9.17) is 11.5 Å². The van der Waals surface area contributed by atoms with E-state index in [0.29, 0.717) is 17.9 Å². The van der Waals surface area contributed by atoms with E-state index in [2.05, 4.69) is 32.9 Å². The molecule has 1 saturated heterocycles. The maximum atomic E-state index is 5.85. The zero-order valence-corrected chi connectivity index (χ0v) is 13.9. The number of hydrogen-bond donors (Lipinski definition) is 2. The van der Waals surface area contributed by atoms with Crippen molar-refractivity contribution in [3.05, 3.63) is 11.8 Å². The Bertz CT molecular complexity index is 458. The Kier molecular flexibility index (Phi) is 6.46. The van der Waals surface area contributed by atoms with Crippen LogP contribution >= 0.6 is 24.8 Å². The quantitative estimate of drug-likeness (QED) is 0.834. The van der Waals surface area contributed by atoms with Crippen LogP contribution in [-0.4, -0.2) is 54.1 Å². The Morgan fingerprint density at radius 1 is 1.10 bits per heavy atom. The van der Waals surface area contributed by atoms with Crippen LogP contribution < -0.4 is 16.4 Å². The fraction of sp³-hybridized carbons (Fsp3) is 0.692. The van der Waals surface area contributed by atoms with Gasteiger partial charge in [-0.1, -0.05) is 0 Å². The minimum absolute atomic E-state index is 0. The summed E-state index contributed by atoms with van der Waals surface area (Å²) < 4.78 is 0. The van der Waals surface area contributed by atoms with Crippen molar-refractivity contribution in [2.45, 2.75) is 24.8 Å². The SMILES string of the molecule is CN1CCN(c2cc(C3CC(N)C3)nc(N)n2)CC1.Cl.Cl. The van der Waals surface area contributed by atoms with Gasteiger partial charge in [0.05, 0.1) is 5.69 Å². The van der Waals surface area contributed by atoms with Gasteiger partial charge in [-0.15, -0.1) is 24.8 Å². The molecule has 2 heterocycles. The molecule has 0 unspecified atom stereocenters. The van der Waals surface area contributed by atoms with Gasteiger partial charge in [0.15, 0.2) is 0 Å². The second-order valence-electron chi connectivity index (χ2n) is 5.73. The number of likely N-dealkylation sites (N-methyl/N-ethyl adjacent to an activating group) is 1. The highest BCUT2D eigenvalue weighted by Crippen LogP contribution is 2.35. The number of rotatable bonds is 2. The van der Waals surface area contributed by atoms with Gasteiger partial charge in [0.1, 0.15) is 5.82 Å². The number of anilines is 2. The normalized spacial score (nSPS) is 25.5. The molecule has 120 valence electrons. The Morgan fingerprint density at radius 2 is 1.71 bits per heavy atom. The molecule has 1 aromatic heterocycles. The van der Waals surface area contributed by atoms with E-state index in [-0.39, 0.29) is 24.8 Å². The first-order valence-corrected chi connectivity index (χ1v) is 6.95. The van der Waals surface area contributed by atoms with Crippen molar-refractivity contribution >= 4 is 36.6 Å². The zero-order valence-electron chi connectivity index (χ0n) is 12.2. The van der Waals surface area contributed by atoms with Gasteiger partial charge in [-0.2, -0.15) is 4.98 Å². The molecule has 2 fully saturated rings. The molecule has 0 aromatic carbocycles. The summed E-state index contributed by atoms with van der Waals surface area (Å²) in [5.74, 6) is 1.81. The lowest BCUT2D eigenvalue weighted by Crippen LogP contribution is -2.45. The Labute approximate surface area is 138 Å². The Morgan fingerprint density at radius 3 is 2.29 bits per heavy atom. The van der Waals surface area contributed by atoms with Gasteiger partial charge < -0.3 is 21.3 Å². The third-order valence-electron chi connectivity index (χ3n) is 4.17. The van der Waals surface area contributed by atoms with Crippen molar-refractivity contribution in [3.8, 4) is 0 Å². The van der Waals surface area contributed by atoms with Crippen LogP contribution in [0.1, 0.15) is 24.5 Å². The third kappa shape index (κ3) is 4.10. The number of piperazine rings is 1. The molecule has 1 aliphatic heterocycles. The first kappa shape index (κ1) is 18.2. The first-order valence-electron chi connectivity index (χ1n) is 6.95. The molecule has 1 saturated carbocycles. The van der Waals surface area contributed by atoms with Crippen molar-refractivity contribution in [1.29, 1.82) is 0 Å². The molecule has 8 heteroatoms. The summed E-state index contributed by atoms with van der Waals surface area (Å²) in [5, 5.41) is 0. The zero-order chi connectivity index (χ0) is 13.4. The molecule has 0 spiro atoms. The van der Waals surface area contributed by atoms with E-state index in [1.54, 1.807) is 0 Å². The maximum absolute atomic E-state index is 5.85. The highest BCUT2D eigenvalue weighted by molar-refractivity contribution is 5.85. The smallest absolute Gasteiger partial charge is 0.222 e. The second kappa shape index (κ2) is 7.45. The molecule has 3 rings (SSSR count). The van der Waals surface area contributed by atoms with Crippen molar-refractivity contribution in [1.82, 2.24) is 14.9 Å². The van der Waals surface area contributed by atoms with E-state index in [0.717, 1.165) is 50.5 Å². The summed E-state index contributed by atoms with van der Waals surface area (Å²) in [5.41, 5.74) is 12.8. The lowest BCUT2D eigenvalue weighted by molar-refractivity contribution is 0.311. The van der Waals surface area contributed by atoms with Crippen molar-refractivity contribution in [2.24, 2.45) is 5.73 Å². The summed E-state index contributed by atoms with van der Waals surface area (Å²) in [6.07, 6.45) is 2.03. The number of halogens is 2. The fourth-order valence-corrected chi connectivity index (χ4v) is 2.78. The topological polar surface area (TPSA) is 84.3 Å². The van der Waals surface area contributed by atoms with Gasteiger partial charge in [-0.25, -0.2) is 4.98 Å². The van der Waals surface area contributed by atoms with Gasteiger partial charge in [0.2, 0.25) is 5.95 Å². The van der Waals surface area contributed by atoms with E-state index in [1.807, 2.05) is 0 Å². The lowest BCUT2D eigenvalue weighted by atomic mass is 9.78. The average Bonchev–Trinajstić information content (AvgIpc) is 2.35. The minimum atomic E-state index is 0. The molecule has 1 aliphatic carbocycles. The fourth-order valence-electron chi connectivity index (χ4n) is 2.78. The molecule has 0 bridgehead atoms. The third-order valence-corrected chi connectivity index (χ3v) is 4.17. The van der Waals surface area contributed by atoms with E-state index in [1.165, 1.54) is 0 Å². The molecule has 0 radical (unpaired) electrons. The van der Waals surface area contributed by atoms with Crippen LogP contribution in [0.2, 0.25) is 0 Å². The number of nitrogens with two attached hydrogens (primary N) is 2. The number of hydrogen-bond acceptors (Lipinski definition) is 6. The van der Waals surface area contributed by atoms with Crippen LogP contribution in [0.3, 0.4) is 0 Å². The van der Waals surface area contributed by atoms with E-state index < -0.39 is 0 Å². The Hall–Kier alpha value is -0.820. The van der Waals surface area contributed by atoms with Crippen LogP contribution in [0, 0.1) is 0 Å². The number of nitrogen functional groups attached to an aromatic ring is 1. The highest BCUT2D eigenvalue weighted by Gasteiger charge is 2.29. The summed E-state index contributed by atoms with van der Waals surface area (Å²) >= 11 is 0. The molecule has 0 atom stereocenters.